The standard InChI is InChI=1S/C27H25N7O/c1-2-3-17-34-24(28-27(31-34)25(35)21-9-5-4-6-10-21)18-19-13-15-20(16-14-19)22-11-7-8-12-23(22)26-29-32-33-30-26/h4-16H,2-3,17-18H2,1H3,(H,29,30,32,33). The predicted molar refractivity (Wildman–Crippen MR) is 133 cm³/mol. The monoisotopic (exact) mass is 463 g/mol. The van der Waals surface area contributed by atoms with Crippen molar-refractivity contribution >= 4 is 5.78 Å². The number of rotatable bonds is 9. The number of nitrogens with zero attached hydrogens (tertiary/aromatic N) is 6. The lowest BCUT2D eigenvalue weighted by Gasteiger charge is -2.09. The van der Waals surface area contributed by atoms with Gasteiger partial charge in [0.25, 0.3) is 0 Å². The van der Waals surface area contributed by atoms with Crippen LogP contribution in [0.3, 0.4) is 0 Å². The Morgan fingerprint density at radius 1 is 0.914 bits per heavy atom. The summed E-state index contributed by atoms with van der Waals surface area (Å²) in [7, 11) is 0. The number of aryl methyl sites for hydroxylation is 1. The third kappa shape index (κ3) is 4.91. The van der Waals surface area contributed by atoms with Gasteiger partial charge in [0.1, 0.15) is 5.82 Å². The Labute approximate surface area is 203 Å². The zero-order valence-corrected chi connectivity index (χ0v) is 19.4. The van der Waals surface area contributed by atoms with E-state index in [0.29, 0.717) is 17.8 Å². The topological polar surface area (TPSA) is 102 Å². The van der Waals surface area contributed by atoms with Crippen molar-refractivity contribution in [2.24, 2.45) is 0 Å². The highest BCUT2D eigenvalue weighted by Gasteiger charge is 2.18. The van der Waals surface area contributed by atoms with Crippen LogP contribution in [-0.4, -0.2) is 41.2 Å². The number of nitrogens with one attached hydrogen (secondary N) is 1. The molecule has 0 spiro atoms. The minimum atomic E-state index is -0.157. The highest BCUT2D eigenvalue weighted by Crippen LogP contribution is 2.30. The van der Waals surface area contributed by atoms with E-state index in [-0.39, 0.29) is 11.6 Å². The first-order valence-corrected chi connectivity index (χ1v) is 11.7. The van der Waals surface area contributed by atoms with Crippen LogP contribution in [0.2, 0.25) is 0 Å². The number of tetrazole rings is 1. The second kappa shape index (κ2) is 10.2. The molecule has 8 nitrogen and oxygen atoms in total. The van der Waals surface area contributed by atoms with Crippen LogP contribution in [0.25, 0.3) is 22.5 Å². The number of ketones is 1. The molecule has 0 unspecified atom stereocenters. The summed E-state index contributed by atoms with van der Waals surface area (Å²) in [5.74, 6) is 1.51. The van der Waals surface area contributed by atoms with E-state index in [1.54, 1.807) is 12.1 Å². The Kier molecular flexibility index (Phi) is 6.52. The van der Waals surface area contributed by atoms with Crippen LogP contribution in [-0.2, 0) is 13.0 Å². The van der Waals surface area contributed by atoms with Crippen LogP contribution in [0.4, 0.5) is 0 Å². The van der Waals surface area contributed by atoms with Crippen LogP contribution in [0.15, 0.2) is 78.9 Å². The summed E-state index contributed by atoms with van der Waals surface area (Å²) < 4.78 is 1.87. The maximum absolute atomic E-state index is 12.9. The summed E-state index contributed by atoms with van der Waals surface area (Å²) in [5.41, 5.74) is 4.73. The number of aromatic nitrogens is 7. The zero-order chi connectivity index (χ0) is 24.0. The van der Waals surface area contributed by atoms with E-state index in [0.717, 1.165) is 47.5 Å². The number of hydrogen-bond donors (Lipinski definition) is 1. The summed E-state index contributed by atoms with van der Waals surface area (Å²) >= 11 is 0. The van der Waals surface area contributed by atoms with Gasteiger partial charge in [-0.3, -0.25) is 4.79 Å². The molecule has 0 saturated carbocycles. The number of H-pyrrole nitrogens is 1. The Morgan fingerprint density at radius 3 is 2.37 bits per heavy atom. The average Bonchev–Trinajstić information content (AvgIpc) is 3.59. The normalized spacial score (nSPS) is 11.0. The largest absolute Gasteiger partial charge is 0.285 e. The lowest BCUT2D eigenvalue weighted by atomic mass is 9.98. The molecule has 0 amide bonds. The third-order valence-corrected chi connectivity index (χ3v) is 5.87. The fraction of sp³-hybridized carbons (Fsp3) is 0.185. The van der Waals surface area contributed by atoms with Crippen molar-refractivity contribution in [1.82, 2.24) is 35.4 Å². The molecule has 174 valence electrons. The van der Waals surface area contributed by atoms with Crippen LogP contribution < -0.4 is 0 Å². The summed E-state index contributed by atoms with van der Waals surface area (Å²) in [6, 6.07) is 25.5. The van der Waals surface area contributed by atoms with Crippen molar-refractivity contribution in [2.75, 3.05) is 0 Å². The molecule has 2 aromatic heterocycles. The number of aromatic amines is 1. The van der Waals surface area contributed by atoms with Crippen molar-refractivity contribution in [2.45, 2.75) is 32.7 Å². The maximum atomic E-state index is 12.9. The highest BCUT2D eigenvalue weighted by molar-refractivity contribution is 6.06. The Bertz CT molecular complexity index is 1410. The number of carbonyl (C=O) groups excluding carboxylic acids is 1. The molecule has 3 aromatic carbocycles. The van der Waals surface area contributed by atoms with Gasteiger partial charge in [-0.15, -0.1) is 10.2 Å². The molecule has 0 saturated heterocycles. The molecular formula is C27H25N7O. The van der Waals surface area contributed by atoms with Crippen LogP contribution in [0.1, 0.15) is 47.3 Å². The fourth-order valence-corrected chi connectivity index (χ4v) is 4.01. The van der Waals surface area contributed by atoms with Crippen molar-refractivity contribution in [1.29, 1.82) is 0 Å². The first kappa shape index (κ1) is 22.3. The first-order valence-electron chi connectivity index (χ1n) is 11.7. The Hall–Kier alpha value is -4.46. The van der Waals surface area contributed by atoms with Crippen LogP contribution in [0.5, 0.6) is 0 Å². The SMILES string of the molecule is CCCCn1nc(C(=O)c2ccccc2)nc1Cc1ccc(-c2ccccc2-c2nnn[nH]2)cc1. The molecule has 0 bridgehead atoms. The zero-order valence-electron chi connectivity index (χ0n) is 19.4. The van der Waals surface area contributed by atoms with E-state index >= 15 is 0 Å². The van der Waals surface area contributed by atoms with Crippen molar-refractivity contribution in [3.05, 3.63) is 102 Å². The molecule has 35 heavy (non-hydrogen) atoms. The molecule has 0 aliphatic heterocycles. The minimum absolute atomic E-state index is 0.157. The number of unbranched alkanes of at least 4 members (excludes halogenated alkanes) is 1. The summed E-state index contributed by atoms with van der Waals surface area (Å²) in [4.78, 5) is 17.6. The molecule has 5 aromatic rings. The quantitative estimate of drug-likeness (QED) is 0.317. The smallest absolute Gasteiger partial charge is 0.232 e. The molecule has 1 N–H and O–H groups in total. The summed E-state index contributed by atoms with van der Waals surface area (Å²) in [6.07, 6.45) is 2.60. The molecule has 0 fully saturated rings. The highest BCUT2D eigenvalue weighted by atomic mass is 16.1. The average molecular weight is 464 g/mol. The van der Waals surface area contributed by atoms with Gasteiger partial charge in [0.15, 0.2) is 5.82 Å². The predicted octanol–water partition coefficient (Wildman–Crippen LogP) is 4.75. The molecule has 0 radical (unpaired) electrons. The molecular weight excluding hydrogens is 438 g/mol. The molecule has 5 rings (SSSR count). The lowest BCUT2D eigenvalue weighted by Crippen LogP contribution is -2.07. The van der Waals surface area contributed by atoms with Gasteiger partial charge >= 0.3 is 0 Å². The van der Waals surface area contributed by atoms with E-state index in [2.05, 4.69) is 68.0 Å². The molecule has 0 aliphatic carbocycles. The molecule has 0 atom stereocenters. The van der Waals surface area contributed by atoms with Crippen molar-refractivity contribution < 1.29 is 4.79 Å². The Morgan fingerprint density at radius 2 is 1.66 bits per heavy atom. The van der Waals surface area contributed by atoms with E-state index in [1.807, 2.05) is 41.1 Å². The van der Waals surface area contributed by atoms with Gasteiger partial charge in [0, 0.05) is 24.1 Å². The second-order valence-electron chi connectivity index (χ2n) is 8.29. The van der Waals surface area contributed by atoms with Crippen molar-refractivity contribution in [3.63, 3.8) is 0 Å². The molecule has 2 heterocycles. The summed E-state index contributed by atoms with van der Waals surface area (Å²) in [6.45, 7) is 2.87. The molecule has 0 aliphatic rings. The van der Waals surface area contributed by atoms with Gasteiger partial charge in [-0.1, -0.05) is 92.2 Å². The molecule has 8 heteroatoms. The first-order chi connectivity index (χ1) is 17.2. The van der Waals surface area contributed by atoms with E-state index in [9.17, 15) is 4.79 Å². The summed E-state index contributed by atoms with van der Waals surface area (Å²) in [5, 5.41) is 18.8. The van der Waals surface area contributed by atoms with Gasteiger partial charge in [0.05, 0.1) is 0 Å². The fourth-order valence-electron chi connectivity index (χ4n) is 4.01. The number of benzene rings is 3. The minimum Gasteiger partial charge on any atom is -0.285 e. The Balaban J connectivity index is 1.41. The van der Waals surface area contributed by atoms with E-state index < -0.39 is 0 Å². The maximum Gasteiger partial charge on any atom is 0.232 e. The number of carbonyl (C=O) groups is 1. The third-order valence-electron chi connectivity index (χ3n) is 5.87. The van der Waals surface area contributed by atoms with Crippen LogP contribution >= 0.6 is 0 Å². The van der Waals surface area contributed by atoms with Crippen LogP contribution in [0, 0.1) is 0 Å². The van der Waals surface area contributed by atoms with Gasteiger partial charge in [0.2, 0.25) is 11.6 Å². The van der Waals surface area contributed by atoms with Crippen molar-refractivity contribution in [3.8, 4) is 22.5 Å². The van der Waals surface area contributed by atoms with Gasteiger partial charge in [-0.2, -0.15) is 0 Å². The van der Waals surface area contributed by atoms with E-state index in [1.165, 1.54) is 0 Å². The number of hydrogen-bond acceptors (Lipinski definition) is 6. The lowest BCUT2D eigenvalue weighted by molar-refractivity contribution is 0.102. The van der Waals surface area contributed by atoms with E-state index in [4.69, 9.17) is 0 Å². The van der Waals surface area contributed by atoms with Gasteiger partial charge in [-0.25, -0.2) is 14.8 Å². The van der Waals surface area contributed by atoms with Gasteiger partial charge < -0.3 is 0 Å². The van der Waals surface area contributed by atoms with Gasteiger partial charge in [-0.05, 0) is 33.5 Å². The second-order valence-corrected chi connectivity index (χ2v) is 8.29.